The van der Waals surface area contributed by atoms with Crippen LogP contribution in [-0.4, -0.2) is 44.1 Å². The molecular formula is C19H30FN3O2. The molecule has 0 saturated heterocycles. The summed E-state index contributed by atoms with van der Waals surface area (Å²) in [5, 5.41) is 3.26. The van der Waals surface area contributed by atoms with E-state index >= 15 is 0 Å². The lowest BCUT2D eigenvalue weighted by atomic mass is 10.1. The van der Waals surface area contributed by atoms with Gasteiger partial charge in [-0.15, -0.1) is 0 Å². The maximum Gasteiger partial charge on any atom is 0.305 e. The highest BCUT2D eigenvalue weighted by Gasteiger charge is 2.07. The van der Waals surface area contributed by atoms with Crippen LogP contribution >= 0.6 is 0 Å². The first-order chi connectivity index (χ1) is 12.1. The van der Waals surface area contributed by atoms with E-state index in [1.807, 2.05) is 24.9 Å². The van der Waals surface area contributed by atoms with Gasteiger partial charge in [-0.25, -0.2) is 4.39 Å². The summed E-state index contributed by atoms with van der Waals surface area (Å²) < 4.78 is 17.9. The molecule has 6 heteroatoms. The number of esters is 1. The summed E-state index contributed by atoms with van der Waals surface area (Å²) in [7, 11) is 3.36. The van der Waals surface area contributed by atoms with Gasteiger partial charge in [0.1, 0.15) is 5.82 Å². The van der Waals surface area contributed by atoms with E-state index in [0.717, 1.165) is 50.3 Å². The molecule has 0 spiro atoms. The van der Waals surface area contributed by atoms with Crippen molar-refractivity contribution >= 4 is 11.9 Å². The quantitative estimate of drug-likeness (QED) is 0.304. The molecule has 0 unspecified atom stereocenters. The zero-order valence-electron chi connectivity index (χ0n) is 15.6. The molecule has 0 aliphatic carbocycles. The van der Waals surface area contributed by atoms with Gasteiger partial charge in [-0.2, -0.15) is 0 Å². The number of hydrogen-bond acceptors (Lipinski definition) is 3. The summed E-state index contributed by atoms with van der Waals surface area (Å²) in [4.78, 5) is 17.6. The van der Waals surface area contributed by atoms with E-state index < -0.39 is 0 Å². The molecule has 0 amide bonds. The second-order valence-electron chi connectivity index (χ2n) is 5.96. The van der Waals surface area contributed by atoms with E-state index in [2.05, 4.69) is 15.0 Å². The molecule has 0 atom stereocenters. The van der Waals surface area contributed by atoms with Crippen molar-refractivity contribution in [2.45, 2.75) is 45.6 Å². The Balaban J connectivity index is 2.38. The van der Waals surface area contributed by atoms with Gasteiger partial charge in [0, 0.05) is 33.1 Å². The van der Waals surface area contributed by atoms with Crippen LogP contribution in [0.25, 0.3) is 0 Å². The Morgan fingerprint density at radius 1 is 1.28 bits per heavy atom. The van der Waals surface area contributed by atoms with Crippen LogP contribution in [0, 0.1) is 5.82 Å². The second-order valence-corrected chi connectivity index (χ2v) is 5.96. The first-order valence-corrected chi connectivity index (χ1v) is 8.87. The minimum atomic E-state index is -0.222. The Hall–Kier alpha value is -2.11. The predicted molar refractivity (Wildman–Crippen MR) is 98.9 cm³/mol. The van der Waals surface area contributed by atoms with Crippen LogP contribution in [0.1, 0.15) is 44.6 Å². The molecule has 0 bridgehead atoms. The summed E-state index contributed by atoms with van der Waals surface area (Å²) in [6, 6.07) is 6.62. The van der Waals surface area contributed by atoms with E-state index in [-0.39, 0.29) is 11.8 Å². The van der Waals surface area contributed by atoms with Crippen molar-refractivity contribution in [3.63, 3.8) is 0 Å². The number of rotatable bonds is 10. The van der Waals surface area contributed by atoms with E-state index in [9.17, 15) is 9.18 Å². The SMILES string of the molecule is CCNC(=NCCCCCCC(=O)OC)N(C)Cc1cccc(F)c1. The van der Waals surface area contributed by atoms with Crippen molar-refractivity contribution in [1.82, 2.24) is 10.2 Å². The van der Waals surface area contributed by atoms with Gasteiger partial charge in [-0.1, -0.05) is 25.0 Å². The second kappa shape index (κ2) is 12.3. The number of aliphatic imine (C=N–C) groups is 1. The monoisotopic (exact) mass is 351 g/mol. The number of carbonyl (C=O) groups is 1. The van der Waals surface area contributed by atoms with Gasteiger partial charge in [0.05, 0.1) is 7.11 Å². The normalized spacial score (nSPS) is 11.3. The third-order valence-corrected chi connectivity index (χ3v) is 3.78. The van der Waals surface area contributed by atoms with Gasteiger partial charge in [-0.05, 0) is 37.5 Å². The molecule has 0 saturated carbocycles. The first kappa shape index (κ1) is 20.9. The van der Waals surface area contributed by atoms with Gasteiger partial charge in [-0.3, -0.25) is 9.79 Å². The number of methoxy groups -OCH3 is 1. The van der Waals surface area contributed by atoms with E-state index in [4.69, 9.17) is 0 Å². The van der Waals surface area contributed by atoms with Gasteiger partial charge in [0.2, 0.25) is 0 Å². The van der Waals surface area contributed by atoms with Crippen LogP contribution in [0.2, 0.25) is 0 Å². The van der Waals surface area contributed by atoms with Crippen molar-refractivity contribution in [3.05, 3.63) is 35.6 Å². The number of unbranched alkanes of at least 4 members (excludes halogenated alkanes) is 3. The van der Waals surface area contributed by atoms with E-state index in [1.54, 1.807) is 12.1 Å². The number of nitrogens with one attached hydrogen (secondary N) is 1. The van der Waals surface area contributed by atoms with Crippen molar-refractivity contribution < 1.29 is 13.9 Å². The lowest BCUT2D eigenvalue weighted by Crippen LogP contribution is -2.38. The Bertz CT molecular complexity index is 549. The number of nitrogens with zero attached hydrogens (tertiary/aromatic N) is 2. The Morgan fingerprint density at radius 2 is 2.04 bits per heavy atom. The molecule has 0 aliphatic rings. The zero-order valence-corrected chi connectivity index (χ0v) is 15.6. The molecule has 1 aromatic carbocycles. The summed E-state index contributed by atoms with van der Waals surface area (Å²) in [5.74, 6) is 0.451. The molecule has 0 aromatic heterocycles. The lowest BCUT2D eigenvalue weighted by molar-refractivity contribution is -0.140. The molecule has 1 aromatic rings. The molecule has 0 aliphatic heterocycles. The van der Waals surface area contributed by atoms with E-state index in [0.29, 0.717) is 13.0 Å². The predicted octanol–water partition coefficient (Wildman–Crippen LogP) is 3.35. The Labute approximate surface area is 150 Å². The van der Waals surface area contributed by atoms with Gasteiger partial charge < -0.3 is 15.0 Å². The molecule has 1 rings (SSSR count). The topological polar surface area (TPSA) is 53.9 Å². The fourth-order valence-corrected chi connectivity index (χ4v) is 2.48. The average molecular weight is 351 g/mol. The molecule has 0 heterocycles. The van der Waals surface area contributed by atoms with Crippen LogP contribution in [0.4, 0.5) is 4.39 Å². The number of guanidine groups is 1. The molecule has 140 valence electrons. The third-order valence-electron chi connectivity index (χ3n) is 3.78. The van der Waals surface area contributed by atoms with Crippen LogP contribution < -0.4 is 5.32 Å². The zero-order chi connectivity index (χ0) is 18.5. The fourth-order valence-electron chi connectivity index (χ4n) is 2.48. The van der Waals surface area contributed by atoms with Crippen LogP contribution in [-0.2, 0) is 16.1 Å². The Morgan fingerprint density at radius 3 is 2.72 bits per heavy atom. The third kappa shape index (κ3) is 9.08. The number of carbonyl (C=O) groups excluding carboxylic acids is 1. The smallest absolute Gasteiger partial charge is 0.305 e. The largest absolute Gasteiger partial charge is 0.469 e. The lowest BCUT2D eigenvalue weighted by Gasteiger charge is -2.22. The average Bonchev–Trinajstić information content (AvgIpc) is 2.59. The van der Waals surface area contributed by atoms with Crippen LogP contribution in [0.3, 0.4) is 0 Å². The van der Waals surface area contributed by atoms with Crippen molar-refractivity contribution in [2.75, 3.05) is 27.2 Å². The van der Waals surface area contributed by atoms with Crippen molar-refractivity contribution in [3.8, 4) is 0 Å². The maximum absolute atomic E-state index is 13.3. The molecule has 1 N–H and O–H groups in total. The molecule has 25 heavy (non-hydrogen) atoms. The summed E-state index contributed by atoms with van der Waals surface area (Å²) in [6.45, 7) is 4.14. The number of halogens is 1. The minimum absolute atomic E-state index is 0.147. The fraction of sp³-hybridized carbons (Fsp3) is 0.579. The van der Waals surface area contributed by atoms with Gasteiger partial charge in [0.25, 0.3) is 0 Å². The number of benzene rings is 1. The molecule has 5 nitrogen and oxygen atoms in total. The summed E-state index contributed by atoms with van der Waals surface area (Å²) in [6.07, 6.45) is 4.35. The van der Waals surface area contributed by atoms with Crippen molar-refractivity contribution in [1.29, 1.82) is 0 Å². The molecule has 0 radical (unpaired) electrons. The maximum atomic E-state index is 13.3. The summed E-state index contributed by atoms with van der Waals surface area (Å²) >= 11 is 0. The standard InChI is InChI=1S/C19H30FN3O2/c1-4-21-19(22-13-8-6-5-7-12-18(24)25-3)23(2)15-16-10-9-11-17(20)14-16/h9-11,14H,4-8,12-13,15H2,1-3H3,(H,21,22). The first-order valence-electron chi connectivity index (χ1n) is 8.87. The van der Waals surface area contributed by atoms with E-state index in [1.165, 1.54) is 13.2 Å². The Kier molecular flexibility index (Phi) is 10.3. The highest BCUT2D eigenvalue weighted by molar-refractivity contribution is 5.79. The van der Waals surface area contributed by atoms with Gasteiger partial charge >= 0.3 is 5.97 Å². The van der Waals surface area contributed by atoms with Crippen LogP contribution in [0.15, 0.2) is 29.3 Å². The number of hydrogen-bond donors (Lipinski definition) is 1. The van der Waals surface area contributed by atoms with Gasteiger partial charge in [0.15, 0.2) is 5.96 Å². The van der Waals surface area contributed by atoms with Crippen LogP contribution in [0.5, 0.6) is 0 Å². The molecule has 0 fully saturated rings. The molecular weight excluding hydrogens is 321 g/mol. The number of ether oxygens (including phenoxy) is 1. The highest BCUT2D eigenvalue weighted by Crippen LogP contribution is 2.07. The van der Waals surface area contributed by atoms with Crippen molar-refractivity contribution in [2.24, 2.45) is 4.99 Å². The summed E-state index contributed by atoms with van der Waals surface area (Å²) in [5.41, 5.74) is 0.913. The minimum Gasteiger partial charge on any atom is -0.469 e. The highest BCUT2D eigenvalue weighted by atomic mass is 19.1.